The summed E-state index contributed by atoms with van der Waals surface area (Å²) in [5.41, 5.74) is 5.78. The third kappa shape index (κ3) is 11.1. The second kappa shape index (κ2) is 12.0. The summed E-state index contributed by atoms with van der Waals surface area (Å²) in [4.78, 5) is 6.62. The van der Waals surface area contributed by atoms with Gasteiger partial charge in [-0.1, -0.05) is 20.8 Å². The molecule has 0 aromatic heterocycles. The number of halogens is 1. The van der Waals surface area contributed by atoms with Gasteiger partial charge in [0, 0.05) is 25.7 Å². The molecular formula is C13H31IN4. The average molecular weight is 370 g/mol. The van der Waals surface area contributed by atoms with Gasteiger partial charge in [-0.05, 0) is 32.7 Å². The SMILES string of the molecule is CCC(C)N(C)CCNC(N)=NCCC(C)C.I. The molecule has 5 heteroatoms. The van der Waals surface area contributed by atoms with E-state index in [4.69, 9.17) is 5.73 Å². The number of nitrogens with one attached hydrogen (secondary N) is 1. The van der Waals surface area contributed by atoms with E-state index in [0.29, 0.717) is 17.9 Å². The highest BCUT2D eigenvalue weighted by molar-refractivity contribution is 14.0. The zero-order valence-electron chi connectivity index (χ0n) is 12.6. The molecule has 0 fully saturated rings. The zero-order valence-corrected chi connectivity index (χ0v) is 14.9. The first-order valence-electron chi connectivity index (χ1n) is 6.71. The second-order valence-corrected chi connectivity index (χ2v) is 5.11. The fourth-order valence-corrected chi connectivity index (χ4v) is 1.39. The molecule has 0 aromatic rings. The van der Waals surface area contributed by atoms with Crippen molar-refractivity contribution < 1.29 is 0 Å². The van der Waals surface area contributed by atoms with E-state index in [9.17, 15) is 0 Å². The highest BCUT2D eigenvalue weighted by Gasteiger charge is 2.05. The first-order valence-corrected chi connectivity index (χ1v) is 6.71. The molecule has 0 bridgehead atoms. The highest BCUT2D eigenvalue weighted by Crippen LogP contribution is 1.99. The maximum Gasteiger partial charge on any atom is 0.188 e. The Morgan fingerprint density at radius 2 is 1.94 bits per heavy atom. The van der Waals surface area contributed by atoms with Crippen LogP contribution in [0.5, 0.6) is 0 Å². The minimum absolute atomic E-state index is 0. The number of guanidine groups is 1. The third-order valence-electron chi connectivity index (χ3n) is 3.10. The van der Waals surface area contributed by atoms with Gasteiger partial charge in [-0.3, -0.25) is 4.99 Å². The zero-order chi connectivity index (χ0) is 13.3. The molecule has 0 aliphatic heterocycles. The van der Waals surface area contributed by atoms with Crippen LogP contribution < -0.4 is 11.1 Å². The summed E-state index contributed by atoms with van der Waals surface area (Å²) in [5, 5.41) is 3.15. The summed E-state index contributed by atoms with van der Waals surface area (Å²) >= 11 is 0. The van der Waals surface area contributed by atoms with Gasteiger partial charge in [0.05, 0.1) is 0 Å². The van der Waals surface area contributed by atoms with Gasteiger partial charge in [-0.2, -0.15) is 0 Å². The van der Waals surface area contributed by atoms with Crippen molar-refractivity contribution in [3.8, 4) is 0 Å². The standard InChI is InChI=1S/C13H30N4.HI/c1-6-12(4)17(5)10-9-16-13(14)15-8-7-11(2)3;/h11-12H,6-10H2,1-5H3,(H3,14,15,16);1H. The lowest BCUT2D eigenvalue weighted by atomic mass is 10.1. The summed E-state index contributed by atoms with van der Waals surface area (Å²) < 4.78 is 0. The Morgan fingerprint density at radius 3 is 2.44 bits per heavy atom. The van der Waals surface area contributed by atoms with Crippen molar-refractivity contribution in [1.82, 2.24) is 10.2 Å². The minimum atomic E-state index is 0. The van der Waals surface area contributed by atoms with Crippen LogP contribution in [0.3, 0.4) is 0 Å². The molecule has 1 atom stereocenters. The number of nitrogens with two attached hydrogens (primary N) is 1. The molecule has 4 nitrogen and oxygen atoms in total. The van der Waals surface area contributed by atoms with Crippen LogP contribution in [0.2, 0.25) is 0 Å². The summed E-state index contributed by atoms with van der Waals surface area (Å²) in [6, 6.07) is 0.621. The van der Waals surface area contributed by atoms with E-state index in [0.717, 1.165) is 26.1 Å². The van der Waals surface area contributed by atoms with Gasteiger partial charge in [0.15, 0.2) is 5.96 Å². The van der Waals surface area contributed by atoms with E-state index in [-0.39, 0.29) is 24.0 Å². The average Bonchev–Trinajstić information content (AvgIpc) is 2.27. The lowest BCUT2D eigenvalue weighted by Crippen LogP contribution is -2.40. The van der Waals surface area contributed by atoms with Gasteiger partial charge in [0.1, 0.15) is 0 Å². The Balaban J connectivity index is 0. The van der Waals surface area contributed by atoms with Gasteiger partial charge in [-0.15, -0.1) is 24.0 Å². The molecule has 0 aromatic carbocycles. The Hall–Kier alpha value is -0.0400. The maximum atomic E-state index is 5.78. The number of hydrogen-bond acceptors (Lipinski definition) is 2. The molecule has 1 unspecified atom stereocenters. The van der Waals surface area contributed by atoms with Crippen molar-refractivity contribution in [3.63, 3.8) is 0 Å². The highest BCUT2D eigenvalue weighted by atomic mass is 127. The first kappa shape index (κ1) is 20.3. The van der Waals surface area contributed by atoms with E-state index >= 15 is 0 Å². The smallest absolute Gasteiger partial charge is 0.188 e. The van der Waals surface area contributed by atoms with Crippen LogP contribution in [0.15, 0.2) is 4.99 Å². The quantitative estimate of drug-likeness (QED) is 0.392. The van der Waals surface area contributed by atoms with E-state index in [1.165, 1.54) is 6.42 Å². The van der Waals surface area contributed by atoms with E-state index in [1.807, 2.05) is 0 Å². The van der Waals surface area contributed by atoms with Crippen molar-refractivity contribution in [1.29, 1.82) is 0 Å². The van der Waals surface area contributed by atoms with Gasteiger partial charge in [0.25, 0.3) is 0 Å². The summed E-state index contributed by atoms with van der Waals surface area (Å²) in [6.07, 6.45) is 2.27. The predicted molar refractivity (Wildman–Crippen MR) is 91.7 cm³/mol. The Labute approximate surface area is 130 Å². The second-order valence-electron chi connectivity index (χ2n) is 5.11. The van der Waals surface area contributed by atoms with E-state index in [1.54, 1.807) is 0 Å². The Kier molecular flexibility index (Phi) is 13.5. The Bertz CT molecular complexity index is 219. The van der Waals surface area contributed by atoms with Crippen molar-refractivity contribution in [2.24, 2.45) is 16.6 Å². The molecule has 0 amide bonds. The molecule has 3 N–H and O–H groups in total. The van der Waals surface area contributed by atoms with Crippen LogP contribution in [0, 0.1) is 5.92 Å². The molecule has 0 saturated heterocycles. The van der Waals surface area contributed by atoms with Crippen LogP contribution in [-0.4, -0.2) is 43.6 Å². The number of hydrogen-bond donors (Lipinski definition) is 2. The van der Waals surface area contributed by atoms with Crippen molar-refractivity contribution >= 4 is 29.9 Å². The van der Waals surface area contributed by atoms with Gasteiger partial charge in [-0.25, -0.2) is 0 Å². The van der Waals surface area contributed by atoms with Crippen LogP contribution in [-0.2, 0) is 0 Å². The molecule has 0 aliphatic carbocycles. The van der Waals surface area contributed by atoms with Crippen molar-refractivity contribution in [2.75, 3.05) is 26.7 Å². The number of nitrogens with zero attached hydrogens (tertiary/aromatic N) is 2. The molecule has 110 valence electrons. The van der Waals surface area contributed by atoms with Crippen LogP contribution in [0.4, 0.5) is 0 Å². The molecular weight excluding hydrogens is 339 g/mol. The third-order valence-corrected chi connectivity index (χ3v) is 3.10. The molecule has 0 radical (unpaired) electrons. The van der Waals surface area contributed by atoms with Crippen LogP contribution >= 0.6 is 24.0 Å². The normalized spacial score (nSPS) is 13.6. The molecule has 0 rings (SSSR count). The number of aliphatic imine (C=N–C) groups is 1. The van der Waals surface area contributed by atoms with Gasteiger partial charge < -0.3 is 16.0 Å². The lowest BCUT2D eigenvalue weighted by molar-refractivity contribution is 0.256. The summed E-state index contributed by atoms with van der Waals surface area (Å²) in [6.45, 7) is 11.5. The molecule has 0 spiro atoms. The number of likely N-dealkylation sites (N-methyl/N-ethyl adjacent to an activating group) is 1. The Morgan fingerprint density at radius 1 is 1.33 bits per heavy atom. The van der Waals surface area contributed by atoms with Gasteiger partial charge in [0.2, 0.25) is 0 Å². The number of rotatable bonds is 8. The minimum Gasteiger partial charge on any atom is -0.370 e. The van der Waals surface area contributed by atoms with E-state index in [2.05, 4.69) is 50.0 Å². The lowest BCUT2D eigenvalue weighted by Gasteiger charge is -2.23. The molecule has 0 aliphatic rings. The monoisotopic (exact) mass is 370 g/mol. The van der Waals surface area contributed by atoms with Crippen molar-refractivity contribution in [2.45, 2.75) is 46.6 Å². The van der Waals surface area contributed by atoms with Gasteiger partial charge >= 0.3 is 0 Å². The fraction of sp³-hybridized carbons (Fsp3) is 0.923. The first-order chi connectivity index (χ1) is 7.97. The molecule has 0 saturated carbocycles. The fourth-order valence-electron chi connectivity index (χ4n) is 1.39. The molecule has 18 heavy (non-hydrogen) atoms. The van der Waals surface area contributed by atoms with Crippen LogP contribution in [0.1, 0.15) is 40.5 Å². The maximum absolute atomic E-state index is 5.78. The van der Waals surface area contributed by atoms with E-state index < -0.39 is 0 Å². The predicted octanol–water partition coefficient (Wildman–Crippen LogP) is 2.29. The topological polar surface area (TPSA) is 53.6 Å². The van der Waals surface area contributed by atoms with Crippen LogP contribution in [0.25, 0.3) is 0 Å². The van der Waals surface area contributed by atoms with Crippen molar-refractivity contribution in [3.05, 3.63) is 0 Å². The summed E-state index contributed by atoms with van der Waals surface area (Å²) in [7, 11) is 2.14. The molecule has 0 heterocycles. The largest absolute Gasteiger partial charge is 0.370 e. The summed E-state index contributed by atoms with van der Waals surface area (Å²) in [5.74, 6) is 1.26.